The molecule has 36 heavy (non-hydrogen) atoms. The number of nitrogens with zero attached hydrogens (tertiary/aromatic N) is 3. The highest BCUT2D eigenvalue weighted by atomic mass is 35.5. The second kappa shape index (κ2) is 10.2. The Balaban J connectivity index is 1.60. The van der Waals surface area contributed by atoms with Gasteiger partial charge in [-0.1, -0.05) is 29.8 Å². The molecule has 1 aromatic carbocycles. The largest absolute Gasteiger partial charge is 0.393 e. The number of fused-ring (bicyclic) bond motifs is 1. The van der Waals surface area contributed by atoms with E-state index < -0.39 is 5.60 Å². The summed E-state index contributed by atoms with van der Waals surface area (Å²) < 4.78 is 4.50. The Kier molecular flexibility index (Phi) is 6.98. The molecule has 0 aliphatic carbocycles. The number of hydrogen-bond donors (Lipinski definition) is 5. The summed E-state index contributed by atoms with van der Waals surface area (Å²) in [7, 11) is 0. The first-order chi connectivity index (χ1) is 17.4. The maximum Gasteiger partial charge on any atom is 0.123 e. The number of thiophene rings is 1. The molecule has 4 aromatic heterocycles. The van der Waals surface area contributed by atoms with Crippen LogP contribution in [0.4, 0.5) is 5.82 Å². The Hall–Kier alpha value is -2.99. The van der Waals surface area contributed by atoms with Crippen molar-refractivity contribution in [1.29, 1.82) is 0 Å². The summed E-state index contributed by atoms with van der Waals surface area (Å²) >= 11 is 9.58. The fraction of sp³-hybridized carbons (Fsp3) is 0.160. The molecule has 0 saturated carbocycles. The second-order valence-corrected chi connectivity index (χ2v) is 10.8. The molecule has 0 aliphatic rings. The third-order valence-electron chi connectivity index (χ3n) is 5.75. The Labute approximate surface area is 220 Å². The van der Waals surface area contributed by atoms with Crippen LogP contribution in [0.1, 0.15) is 29.1 Å². The van der Waals surface area contributed by atoms with Crippen molar-refractivity contribution in [3.05, 3.63) is 88.3 Å². The SMILES string of the molecule is CC(O)(CO)c1ccnc(-c2cccc3cc(C(NSc4cn[nH]c4)c4nc(N)ccc4Cl)sc23)c1. The van der Waals surface area contributed by atoms with Crippen LogP contribution in [-0.4, -0.2) is 37.0 Å². The lowest BCUT2D eigenvalue weighted by molar-refractivity contribution is -0.00230. The molecule has 184 valence electrons. The third kappa shape index (κ3) is 4.96. The average Bonchev–Trinajstić information content (AvgIpc) is 3.56. The molecule has 2 atom stereocenters. The molecule has 4 heterocycles. The van der Waals surface area contributed by atoms with Crippen molar-refractivity contribution in [2.75, 3.05) is 12.3 Å². The zero-order valence-corrected chi connectivity index (χ0v) is 21.5. The van der Waals surface area contributed by atoms with Gasteiger partial charge < -0.3 is 15.9 Å². The first-order valence-corrected chi connectivity index (χ1v) is 13.0. The van der Waals surface area contributed by atoms with Crippen molar-refractivity contribution < 1.29 is 10.2 Å². The summed E-state index contributed by atoms with van der Waals surface area (Å²) in [5.41, 5.74) is 7.50. The van der Waals surface area contributed by atoms with E-state index in [9.17, 15) is 10.2 Å². The summed E-state index contributed by atoms with van der Waals surface area (Å²) in [5.74, 6) is 0.383. The van der Waals surface area contributed by atoms with Gasteiger partial charge in [-0.3, -0.25) is 10.1 Å². The lowest BCUT2D eigenvalue weighted by Gasteiger charge is -2.21. The van der Waals surface area contributed by atoms with Crippen LogP contribution in [0.5, 0.6) is 0 Å². The van der Waals surface area contributed by atoms with Gasteiger partial charge in [-0.2, -0.15) is 5.10 Å². The van der Waals surface area contributed by atoms with Crippen LogP contribution in [0.25, 0.3) is 21.3 Å². The molecule has 0 amide bonds. The fourth-order valence-corrected chi connectivity index (χ4v) is 6.01. The molecular formula is C25H23ClN6O2S2. The predicted octanol–water partition coefficient (Wildman–Crippen LogP) is 4.90. The number of rotatable bonds is 8. The molecule has 0 radical (unpaired) electrons. The maximum absolute atomic E-state index is 10.5. The summed E-state index contributed by atoms with van der Waals surface area (Å²) in [4.78, 5) is 11.0. The van der Waals surface area contributed by atoms with Crippen molar-refractivity contribution in [2.24, 2.45) is 0 Å². The van der Waals surface area contributed by atoms with E-state index in [1.807, 2.05) is 24.3 Å². The normalized spacial score (nSPS) is 14.1. The molecule has 0 fully saturated rings. The van der Waals surface area contributed by atoms with Crippen LogP contribution >= 0.6 is 34.9 Å². The van der Waals surface area contributed by atoms with Gasteiger partial charge in [0.2, 0.25) is 0 Å². The molecule has 8 nitrogen and oxygen atoms in total. The van der Waals surface area contributed by atoms with E-state index in [-0.39, 0.29) is 12.6 Å². The molecule has 0 bridgehead atoms. The van der Waals surface area contributed by atoms with E-state index in [0.29, 0.717) is 27.8 Å². The number of nitrogens with one attached hydrogen (secondary N) is 2. The molecule has 0 aliphatic heterocycles. The number of pyridine rings is 2. The van der Waals surface area contributed by atoms with Gasteiger partial charge in [-0.15, -0.1) is 11.3 Å². The number of nitrogens with two attached hydrogens (primary N) is 1. The van der Waals surface area contributed by atoms with Crippen molar-refractivity contribution in [2.45, 2.75) is 23.5 Å². The Morgan fingerprint density at radius 2 is 2.11 bits per heavy atom. The summed E-state index contributed by atoms with van der Waals surface area (Å²) in [6, 6.07) is 14.7. The number of benzene rings is 1. The van der Waals surface area contributed by atoms with Crippen LogP contribution in [0.15, 0.2) is 72.0 Å². The Morgan fingerprint density at radius 1 is 1.25 bits per heavy atom. The maximum atomic E-state index is 10.5. The minimum Gasteiger partial charge on any atom is -0.393 e. The lowest BCUT2D eigenvalue weighted by atomic mass is 9.96. The van der Waals surface area contributed by atoms with Crippen LogP contribution in [-0.2, 0) is 5.60 Å². The highest BCUT2D eigenvalue weighted by molar-refractivity contribution is 7.97. The van der Waals surface area contributed by atoms with Crippen LogP contribution in [0.2, 0.25) is 5.02 Å². The molecule has 5 aromatic rings. The number of aromatic amines is 1. The number of H-pyrrole nitrogens is 1. The fourth-order valence-electron chi connectivity index (χ4n) is 3.78. The van der Waals surface area contributed by atoms with Crippen molar-refractivity contribution in [1.82, 2.24) is 24.9 Å². The van der Waals surface area contributed by atoms with Gasteiger partial charge in [0.25, 0.3) is 0 Å². The molecule has 0 spiro atoms. The summed E-state index contributed by atoms with van der Waals surface area (Å²) in [6.45, 7) is 1.19. The molecular weight excluding hydrogens is 516 g/mol. The number of aliphatic hydroxyl groups excluding tert-OH is 1. The average molecular weight is 539 g/mol. The van der Waals surface area contributed by atoms with Crippen molar-refractivity contribution in [3.63, 3.8) is 0 Å². The van der Waals surface area contributed by atoms with Gasteiger partial charge in [0.1, 0.15) is 11.4 Å². The lowest BCUT2D eigenvalue weighted by Crippen LogP contribution is -2.25. The minimum absolute atomic E-state index is 0.347. The van der Waals surface area contributed by atoms with E-state index in [1.54, 1.807) is 55.1 Å². The number of aromatic nitrogens is 4. The molecule has 5 rings (SSSR count). The van der Waals surface area contributed by atoms with Gasteiger partial charge in [0.15, 0.2) is 0 Å². The zero-order chi connectivity index (χ0) is 25.3. The first kappa shape index (κ1) is 24.7. The van der Waals surface area contributed by atoms with E-state index in [0.717, 1.165) is 25.4 Å². The van der Waals surface area contributed by atoms with E-state index >= 15 is 0 Å². The van der Waals surface area contributed by atoms with E-state index in [4.69, 9.17) is 17.3 Å². The highest BCUT2D eigenvalue weighted by Gasteiger charge is 2.25. The summed E-state index contributed by atoms with van der Waals surface area (Å²) in [6.07, 6.45) is 5.17. The van der Waals surface area contributed by atoms with Crippen LogP contribution < -0.4 is 10.5 Å². The second-order valence-electron chi connectivity index (χ2n) is 8.42. The van der Waals surface area contributed by atoms with Crippen LogP contribution in [0, 0.1) is 0 Å². The van der Waals surface area contributed by atoms with Gasteiger partial charge in [0, 0.05) is 27.5 Å². The monoisotopic (exact) mass is 538 g/mol. The topological polar surface area (TPSA) is 133 Å². The van der Waals surface area contributed by atoms with E-state index in [1.165, 1.54) is 11.9 Å². The van der Waals surface area contributed by atoms with Gasteiger partial charge in [-0.25, -0.2) is 9.71 Å². The quantitative estimate of drug-likeness (QED) is 0.176. The highest BCUT2D eigenvalue weighted by Crippen LogP contribution is 2.40. The molecule has 11 heteroatoms. The molecule has 6 N–H and O–H groups in total. The number of anilines is 1. The van der Waals surface area contributed by atoms with E-state index in [2.05, 4.69) is 31.0 Å². The third-order valence-corrected chi connectivity index (χ3v) is 8.13. The molecule has 2 unspecified atom stereocenters. The predicted molar refractivity (Wildman–Crippen MR) is 145 cm³/mol. The number of hydrogen-bond acceptors (Lipinski definition) is 9. The minimum atomic E-state index is -1.36. The smallest absolute Gasteiger partial charge is 0.123 e. The Bertz CT molecular complexity index is 1510. The van der Waals surface area contributed by atoms with Gasteiger partial charge in [0.05, 0.1) is 40.2 Å². The van der Waals surface area contributed by atoms with Gasteiger partial charge >= 0.3 is 0 Å². The number of halogens is 1. The van der Waals surface area contributed by atoms with Gasteiger partial charge in [-0.05, 0) is 60.2 Å². The number of nitrogen functional groups attached to an aromatic ring is 1. The Morgan fingerprint density at radius 3 is 2.89 bits per heavy atom. The summed E-state index contributed by atoms with van der Waals surface area (Å²) in [5, 5.41) is 28.5. The zero-order valence-electron chi connectivity index (χ0n) is 19.1. The first-order valence-electron chi connectivity index (χ1n) is 11.0. The van der Waals surface area contributed by atoms with Crippen molar-refractivity contribution >= 4 is 50.8 Å². The standard InChI is InChI=1S/C25H23ClN6O2S2/c1-25(34,13-33)15-7-8-28-19(10-15)17-4-2-3-14-9-20(35-24(14)17)23(32-36-16-11-29-30-12-16)22-18(26)5-6-21(27)31-22/h2-12,23,32-34H,13H2,1H3,(H2,27,31)(H,29,30). The molecule has 0 saturated heterocycles. The van der Waals surface area contributed by atoms with Crippen molar-refractivity contribution in [3.8, 4) is 11.3 Å². The number of aliphatic hydroxyl groups is 2. The van der Waals surface area contributed by atoms with Crippen LogP contribution in [0.3, 0.4) is 0 Å².